The molecule has 0 spiro atoms. The largest absolute Gasteiger partial charge is 0.375 e. The molecule has 1 aliphatic rings. The summed E-state index contributed by atoms with van der Waals surface area (Å²) < 4.78 is 0. The van der Waals surface area contributed by atoms with Gasteiger partial charge in [0.1, 0.15) is 0 Å². The number of amides is 1. The lowest BCUT2D eigenvalue weighted by Crippen LogP contribution is -2.39. The van der Waals surface area contributed by atoms with Crippen molar-refractivity contribution in [2.24, 2.45) is 0 Å². The van der Waals surface area contributed by atoms with Gasteiger partial charge in [-0.3, -0.25) is 9.69 Å². The van der Waals surface area contributed by atoms with Gasteiger partial charge in [0.25, 0.3) is 0 Å². The molecule has 1 aliphatic heterocycles. The molecule has 138 valence electrons. The lowest BCUT2D eigenvalue weighted by Gasteiger charge is -2.23. The molecule has 5 nitrogen and oxygen atoms in total. The van der Waals surface area contributed by atoms with Crippen LogP contribution in [0.3, 0.4) is 0 Å². The van der Waals surface area contributed by atoms with Gasteiger partial charge in [-0.25, -0.2) is 4.98 Å². The minimum atomic E-state index is -0.0804. The number of carbonyl (C=O) groups excluding carboxylic acids is 1. The fourth-order valence-electron chi connectivity index (χ4n) is 3.50. The molecule has 4 rings (SSSR count). The summed E-state index contributed by atoms with van der Waals surface area (Å²) >= 11 is 1.42. The van der Waals surface area contributed by atoms with Crippen molar-refractivity contribution in [3.8, 4) is 11.3 Å². The number of anilines is 2. The van der Waals surface area contributed by atoms with Gasteiger partial charge in [-0.1, -0.05) is 42.5 Å². The van der Waals surface area contributed by atoms with Gasteiger partial charge in [-0.2, -0.15) is 0 Å². The number of nitrogens with one attached hydrogen (secondary N) is 1. The van der Waals surface area contributed by atoms with Crippen LogP contribution < -0.4 is 11.1 Å². The molecule has 3 N–H and O–H groups in total. The van der Waals surface area contributed by atoms with E-state index in [0.29, 0.717) is 5.13 Å². The van der Waals surface area contributed by atoms with Gasteiger partial charge in [-0.05, 0) is 37.1 Å². The number of nitrogens with two attached hydrogens (primary N) is 1. The second-order valence-corrected chi connectivity index (χ2v) is 7.64. The van der Waals surface area contributed by atoms with E-state index in [2.05, 4.69) is 27.3 Å². The van der Waals surface area contributed by atoms with E-state index in [1.54, 1.807) is 0 Å². The number of carbonyl (C=O) groups is 1. The number of thiazole rings is 1. The van der Waals surface area contributed by atoms with Gasteiger partial charge in [0.2, 0.25) is 5.91 Å². The molecule has 1 saturated heterocycles. The number of hydrogen-bond acceptors (Lipinski definition) is 5. The minimum absolute atomic E-state index is 0.0640. The van der Waals surface area contributed by atoms with Crippen LogP contribution >= 0.6 is 11.3 Å². The summed E-state index contributed by atoms with van der Waals surface area (Å²) in [6.45, 7) is 1.76. The number of nitrogens with zero attached hydrogens (tertiary/aromatic N) is 2. The van der Waals surface area contributed by atoms with E-state index in [-0.39, 0.29) is 11.9 Å². The third kappa shape index (κ3) is 4.18. The topological polar surface area (TPSA) is 71.2 Å². The zero-order valence-electron chi connectivity index (χ0n) is 15.0. The highest BCUT2D eigenvalue weighted by atomic mass is 32.1. The number of benzene rings is 2. The quantitative estimate of drug-likeness (QED) is 0.704. The Balaban J connectivity index is 1.40. The Kier molecular flexibility index (Phi) is 5.18. The summed E-state index contributed by atoms with van der Waals surface area (Å²) in [5, 5.41) is 5.55. The Labute approximate surface area is 162 Å². The highest BCUT2D eigenvalue weighted by Crippen LogP contribution is 2.25. The SMILES string of the molecule is Nc1nc(-c2ccc(NC(=O)C3CCCN3Cc3ccccc3)cc2)cs1. The van der Waals surface area contributed by atoms with Gasteiger partial charge < -0.3 is 11.1 Å². The van der Waals surface area contributed by atoms with Crippen molar-refractivity contribution in [1.82, 2.24) is 9.88 Å². The Morgan fingerprint density at radius 2 is 1.96 bits per heavy atom. The fourth-order valence-corrected chi connectivity index (χ4v) is 4.07. The first-order chi connectivity index (χ1) is 13.2. The highest BCUT2D eigenvalue weighted by molar-refractivity contribution is 7.13. The first-order valence-corrected chi connectivity index (χ1v) is 9.97. The summed E-state index contributed by atoms with van der Waals surface area (Å²) in [5.41, 5.74) is 9.59. The molecule has 1 atom stereocenters. The van der Waals surface area contributed by atoms with Crippen LogP contribution in [-0.2, 0) is 11.3 Å². The maximum absolute atomic E-state index is 12.8. The van der Waals surface area contributed by atoms with Crippen LogP contribution in [0, 0.1) is 0 Å². The second-order valence-electron chi connectivity index (χ2n) is 6.75. The molecular weight excluding hydrogens is 356 g/mol. The number of aromatic nitrogens is 1. The fraction of sp³-hybridized carbons (Fsp3) is 0.238. The maximum Gasteiger partial charge on any atom is 0.241 e. The predicted octanol–water partition coefficient (Wildman–Crippen LogP) is 4.00. The molecule has 1 aromatic heterocycles. The molecular formula is C21H22N4OS. The number of likely N-dealkylation sites (tertiary alicyclic amines) is 1. The molecule has 0 saturated carbocycles. The zero-order valence-corrected chi connectivity index (χ0v) is 15.8. The van der Waals surface area contributed by atoms with Crippen LogP contribution in [0.25, 0.3) is 11.3 Å². The van der Waals surface area contributed by atoms with E-state index in [0.717, 1.165) is 42.9 Å². The second kappa shape index (κ2) is 7.90. The molecule has 1 fully saturated rings. The van der Waals surface area contributed by atoms with Crippen LogP contribution in [0.4, 0.5) is 10.8 Å². The summed E-state index contributed by atoms with van der Waals surface area (Å²) in [7, 11) is 0. The lowest BCUT2D eigenvalue weighted by molar-refractivity contribution is -0.120. The number of hydrogen-bond donors (Lipinski definition) is 2. The maximum atomic E-state index is 12.8. The van der Waals surface area contributed by atoms with Crippen molar-refractivity contribution in [3.05, 3.63) is 65.5 Å². The standard InChI is InChI=1S/C21H22N4OS/c22-21-24-18(14-27-21)16-8-10-17(11-9-16)23-20(26)19-7-4-12-25(19)13-15-5-2-1-3-6-15/h1-3,5-6,8-11,14,19H,4,7,12-13H2,(H2,22,24)(H,23,26). The van der Waals surface area contributed by atoms with E-state index < -0.39 is 0 Å². The van der Waals surface area contributed by atoms with Gasteiger partial charge in [0, 0.05) is 23.2 Å². The molecule has 0 radical (unpaired) electrons. The number of rotatable bonds is 5. The van der Waals surface area contributed by atoms with Crippen LogP contribution in [-0.4, -0.2) is 28.4 Å². The average Bonchev–Trinajstić information content (AvgIpc) is 3.32. The Hall–Kier alpha value is -2.70. The molecule has 1 unspecified atom stereocenters. The van der Waals surface area contributed by atoms with Gasteiger partial charge in [0.15, 0.2) is 5.13 Å². The molecule has 1 amide bonds. The lowest BCUT2D eigenvalue weighted by atomic mass is 10.1. The molecule has 2 heterocycles. The van der Waals surface area contributed by atoms with Gasteiger partial charge >= 0.3 is 0 Å². The molecule has 0 bridgehead atoms. The summed E-state index contributed by atoms with van der Waals surface area (Å²) in [6, 6.07) is 18.0. The Bertz CT molecular complexity index is 907. The molecule has 6 heteroatoms. The molecule has 0 aliphatic carbocycles. The first kappa shape index (κ1) is 17.7. The van der Waals surface area contributed by atoms with Crippen LogP contribution in [0.1, 0.15) is 18.4 Å². The predicted molar refractivity (Wildman–Crippen MR) is 110 cm³/mol. The zero-order chi connectivity index (χ0) is 18.6. The van der Waals surface area contributed by atoms with Gasteiger partial charge in [-0.15, -0.1) is 11.3 Å². The van der Waals surface area contributed by atoms with E-state index in [1.165, 1.54) is 16.9 Å². The molecule has 2 aromatic carbocycles. The highest BCUT2D eigenvalue weighted by Gasteiger charge is 2.30. The van der Waals surface area contributed by atoms with Crippen LogP contribution in [0.15, 0.2) is 60.0 Å². The first-order valence-electron chi connectivity index (χ1n) is 9.09. The summed E-state index contributed by atoms with van der Waals surface area (Å²) in [6.07, 6.45) is 1.95. The van der Waals surface area contributed by atoms with E-state index in [9.17, 15) is 4.79 Å². The van der Waals surface area contributed by atoms with Crippen molar-refractivity contribution in [2.45, 2.75) is 25.4 Å². The van der Waals surface area contributed by atoms with Crippen molar-refractivity contribution in [1.29, 1.82) is 0 Å². The van der Waals surface area contributed by atoms with Crippen LogP contribution in [0.5, 0.6) is 0 Å². The third-order valence-electron chi connectivity index (χ3n) is 4.86. The minimum Gasteiger partial charge on any atom is -0.375 e. The van der Waals surface area contributed by atoms with Crippen molar-refractivity contribution < 1.29 is 4.79 Å². The Morgan fingerprint density at radius 3 is 2.67 bits per heavy atom. The van der Waals surface area contributed by atoms with E-state index in [1.807, 2.05) is 47.8 Å². The average molecular weight is 379 g/mol. The van der Waals surface area contributed by atoms with E-state index >= 15 is 0 Å². The molecule has 27 heavy (non-hydrogen) atoms. The summed E-state index contributed by atoms with van der Waals surface area (Å²) in [4.78, 5) is 19.3. The van der Waals surface area contributed by atoms with Crippen molar-refractivity contribution >= 4 is 28.1 Å². The third-order valence-corrected chi connectivity index (χ3v) is 5.54. The smallest absolute Gasteiger partial charge is 0.241 e. The normalized spacial score (nSPS) is 17.1. The van der Waals surface area contributed by atoms with Crippen LogP contribution in [0.2, 0.25) is 0 Å². The van der Waals surface area contributed by atoms with Gasteiger partial charge in [0.05, 0.1) is 11.7 Å². The van der Waals surface area contributed by atoms with E-state index in [4.69, 9.17) is 5.73 Å². The number of nitrogen functional groups attached to an aromatic ring is 1. The van der Waals surface area contributed by atoms with Crippen molar-refractivity contribution in [2.75, 3.05) is 17.6 Å². The monoisotopic (exact) mass is 378 g/mol. The van der Waals surface area contributed by atoms with Crippen molar-refractivity contribution in [3.63, 3.8) is 0 Å². The molecule has 3 aromatic rings. The summed E-state index contributed by atoms with van der Waals surface area (Å²) in [5.74, 6) is 0.0640. The Morgan fingerprint density at radius 1 is 1.19 bits per heavy atom.